The molecule has 0 saturated carbocycles. The molecular formula is C15H20O5S. The first-order chi connectivity index (χ1) is 9.73. The third-order valence-corrected chi connectivity index (χ3v) is 4.01. The van der Waals surface area contributed by atoms with E-state index in [2.05, 4.69) is 0 Å². The van der Waals surface area contributed by atoms with E-state index in [1.165, 1.54) is 26.0 Å². The number of aliphatic hydroxyl groups is 2. The smallest absolute Gasteiger partial charge is 0.185 e. The zero-order chi connectivity index (χ0) is 16.2. The van der Waals surface area contributed by atoms with Crippen molar-refractivity contribution in [3.8, 4) is 5.75 Å². The average molecular weight is 312 g/mol. The highest BCUT2D eigenvalue weighted by Gasteiger charge is 2.22. The Morgan fingerprint density at radius 3 is 2.38 bits per heavy atom. The molecule has 0 fully saturated rings. The summed E-state index contributed by atoms with van der Waals surface area (Å²) in [5.74, 6) is -0.0769. The fourth-order valence-corrected chi connectivity index (χ4v) is 2.65. The van der Waals surface area contributed by atoms with E-state index in [0.717, 1.165) is 11.8 Å². The van der Waals surface area contributed by atoms with E-state index in [9.17, 15) is 24.9 Å². The van der Waals surface area contributed by atoms with Gasteiger partial charge in [0.2, 0.25) is 0 Å². The van der Waals surface area contributed by atoms with Crippen molar-refractivity contribution in [2.45, 2.75) is 39.4 Å². The summed E-state index contributed by atoms with van der Waals surface area (Å²) in [5.41, 5.74) is 1.17. The van der Waals surface area contributed by atoms with E-state index >= 15 is 0 Å². The van der Waals surface area contributed by atoms with Gasteiger partial charge < -0.3 is 15.3 Å². The number of benzene rings is 1. The summed E-state index contributed by atoms with van der Waals surface area (Å²) in [4.78, 5) is 22.2. The summed E-state index contributed by atoms with van der Waals surface area (Å²) >= 11 is 1.08. The number of carbonyl (C=O) groups is 2. The van der Waals surface area contributed by atoms with Crippen molar-refractivity contribution in [3.63, 3.8) is 0 Å². The van der Waals surface area contributed by atoms with Crippen LogP contribution in [0.2, 0.25) is 0 Å². The molecule has 0 aliphatic carbocycles. The Kier molecular flexibility index (Phi) is 6.39. The van der Waals surface area contributed by atoms with Crippen LogP contribution in [0.5, 0.6) is 5.75 Å². The molecule has 0 heterocycles. The van der Waals surface area contributed by atoms with Gasteiger partial charge in [-0.25, -0.2) is 0 Å². The highest BCUT2D eigenvalue weighted by molar-refractivity contribution is 8.13. The summed E-state index contributed by atoms with van der Waals surface area (Å²) in [6.07, 6.45) is -1.97. The van der Waals surface area contributed by atoms with Crippen LogP contribution < -0.4 is 0 Å². The van der Waals surface area contributed by atoms with Crippen LogP contribution in [0.4, 0.5) is 0 Å². The normalized spacial score (nSPS) is 13.8. The lowest BCUT2D eigenvalue weighted by molar-refractivity contribution is -0.109. The third kappa shape index (κ3) is 4.84. The number of phenols is 1. The predicted octanol–water partition coefficient (Wildman–Crippen LogP) is 1.97. The quantitative estimate of drug-likeness (QED) is 0.695. The van der Waals surface area contributed by atoms with Gasteiger partial charge in [-0.2, -0.15) is 0 Å². The minimum absolute atomic E-state index is 0.0451. The van der Waals surface area contributed by atoms with Crippen molar-refractivity contribution in [1.82, 2.24) is 0 Å². The second-order valence-corrected chi connectivity index (χ2v) is 6.19. The molecule has 0 aliphatic rings. The number of carbonyl (C=O) groups excluding carboxylic acids is 2. The minimum atomic E-state index is -1.18. The van der Waals surface area contributed by atoms with Gasteiger partial charge in [0, 0.05) is 12.7 Å². The molecule has 0 radical (unpaired) electrons. The average Bonchev–Trinajstić information content (AvgIpc) is 2.39. The summed E-state index contributed by atoms with van der Waals surface area (Å²) < 4.78 is 0. The Balaban J connectivity index is 2.87. The van der Waals surface area contributed by atoms with Crippen LogP contribution in [0.1, 0.15) is 47.9 Å². The van der Waals surface area contributed by atoms with E-state index in [1.807, 2.05) is 0 Å². The topological polar surface area (TPSA) is 94.8 Å². The van der Waals surface area contributed by atoms with Gasteiger partial charge in [0.1, 0.15) is 11.9 Å². The number of phenolic OH excluding ortho intramolecular Hbond substituents is 1. The molecular weight excluding hydrogens is 292 g/mol. The van der Waals surface area contributed by atoms with Crippen molar-refractivity contribution in [2.24, 2.45) is 0 Å². The molecule has 0 aliphatic heterocycles. The Morgan fingerprint density at radius 2 is 1.86 bits per heavy atom. The first-order valence-corrected chi connectivity index (χ1v) is 7.56. The lowest BCUT2D eigenvalue weighted by Gasteiger charge is -2.20. The largest absolute Gasteiger partial charge is 0.507 e. The van der Waals surface area contributed by atoms with Crippen molar-refractivity contribution < 1.29 is 24.9 Å². The number of ketones is 1. The van der Waals surface area contributed by atoms with Crippen molar-refractivity contribution >= 4 is 22.7 Å². The van der Waals surface area contributed by atoms with Gasteiger partial charge in [-0.3, -0.25) is 9.59 Å². The number of hydrogen-bond donors (Lipinski definition) is 3. The van der Waals surface area contributed by atoms with E-state index in [1.54, 1.807) is 6.92 Å². The van der Waals surface area contributed by atoms with E-state index in [4.69, 9.17) is 0 Å². The maximum Gasteiger partial charge on any atom is 0.185 e. The molecule has 5 nitrogen and oxygen atoms in total. The Hall–Kier alpha value is -1.37. The molecule has 0 bridgehead atoms. The molecule has 0 aromatic heterocycles. The fraction of sp³-hybridized carbons (Fsp3) is 0.467. The molecule has 1 aromatic carbocycles. The highest BCUT2D eigenvalue weighted by atomic mass is 32.2. The summed E-state index contributed by atoms with van der Waals surface area (Å²) in [6, 6.07) is 2.80. The second-order valence-electron chi connectivity index (χ2n) is 4.92. The van der Waals surface area contributed by atoms with Crippen molar-refractivity contribution in [3.05, 3.63) is 28.8 Å². The van der Waals surface area contributed by atoms with Crippen LogP contribution >= 0.6 is 11.8 Å². The van der Waals surface area contributed by atoms with Crippen LogP contribution in [0.15, 0.2) is 12.1 Å². The number of aryl methyl sites for hydroxylation is 1. The molecule has 6 heteroatoms. The zero-order valence-corrected chi connectivity index (χ0v) is 13.1. The lowest BCUT2D eigenvalue weighted by atomic mass is 9.95. The second kappa shape index (κ2) is 7.59. The first kappa shape index (κ1) is 17.7. The number of Topliss-reactive ketones (excluding diaryl/α,β-unsaturated/α-hetero) is 1. The third-order valence-electron chi connectivity index (χ3n) is 3.17. The number of rotatable bonds is 6. The first-order valence-electron chi connectivity index (χ1n) is 6.58. The molecule has 3 N–H and O–H groups in total. The van der Waals surface area contributed by atoms with Gasteiger partial charge in [-0.1, -0.05) is 11.8 Å². The number of aromatic hydroxyl groups is 1. The van der Waals surface area contributed by atoms with E-state index < -0.39 is 12.2 Å². The van der Waals surface area contributed by atoms with Gasteiger partial charge in [0.25, 0.3) is 0 Å². The predicted molar refractivity (Wildman–Crippen MR) is 81.6 cm³/mol. The standard InChI is InChI=1S/C15H20O5S/c1-8-6-12(9(2)16)14(19)7-11(8)15(20)13(18)4-5-21-10(3)17/h6-7,13,15,18-20H,4-5H2,1-3H3. The summed E-state index contributed by atoms with van der Waals surface area (Å²) in [5, 5.41) is 29.9. The van der Waals surface area contributed by atoms with Crippen molar-refractivity contribution in [2.75, 3.05) is 5.75 Å². The minimum Gasteiger partial charge on any atom is -0.507 e. The van der Waals surface area contributed by atoms with Crippen LogP contribution in [0, 0.1) is 6.92 Å². The fourth-order valence-electron chi connectivity index (χ4n) is 2.00. The maximum absolute atomic E-state index is 11.3. The lowest BCUT2D eigenvalue weighted by Crippen LogP contribution is -2.20. The van der Waals surface area contributed by atoms with Crippen LogP contribution in [0.25, 0.3) is 0 Å². The van der Waals surface area contributed by atoms with E-state index in [0.29, 0.717) is 16.9 Å². The Morgan fingerprint density at radius 1 is 1.24 bits per heavy atom. The molecule has 0 amide bonds. The molecule has 116 valence electrons. The van der Waals surface area contributed by atoms with Gasteiger partial charge in [-0.15, -0.1) is 0 Å². The van der Waals surface area contributed by atoms with Crippen molar-refractivity contribution in [1.29, 1.82) is 0 Å². The molecule has 1 aromatic rings. The zero-order valence-electron chi connectivity index (χ0n) is 12.3. The number of thioether (sulfide) groups is 1. The molecule has 1 rings (SSSR count). The SMILES string of the molecule is CC(=O)SCCC(O)C(O)c1cc(O)c(C(C)=O)cc1C. The summed E-state index contributed by atoms with van der Waals surface area (Å²) in [7, 11) is 0. The van der Waals surface area contributed by atoms with E-state index in [-0.39, 0.29) is 28.6 Å². The summed E-state index contributed by atoms with van der Waals surface area (Å²) in [6.45, 7) is 4.48. The molecule has 2 unspecified atom stereocenters. The van der Waals surface area contributed by atoms with Crippen LogP contribution in [-0.4, -0.2) is 38.1 Å². The van der Waals surface area contributed by atoms with Gasteiger partial charge in [0.15, 0.2) is 10.9 Å². The van der Waals surface area contributed by atoms with Gasteiger partial charge in [0.05, 0.1) is 11.7 Å². The number of hydrogen-bond acceptors (Lipinski definition) is 6. The molecule has 0 spiro atoms. The van der Waals surface area contributed by atoms with Crippen LogP contribution in [0.3, 0.4) is 0 Å². The monoisotopic (exact) mass is 312 g/mol. The molecule has 21 heavy (non-hydrogen) atoms. The molecule has 2 atom stereocenters. The van der Waals surface area contributed by atoms with Crippen LogP contribution in [-0.2, 0) is 4.79 Å². The molecule has 0 saturated heterocycles. The Bertz CT molecular complexity index is 541. The number of aliphatic hydroxyl groups excluding tert-OH is 2. The highest BCUT2D eigenvalue weighted by Crippen LogP contribution is 2.29. The van der Waals surface area contributed by atoms with Gasteiger partial charge in [-0.05, 0) is 43.5 Å². The Labute approximate surface area is 128 Å². The van der Waals surface area contributed by atoms with Gasteiger partial charge >= 0.3 is 0 Å². The maximum atomic E-state index is 11.3.